The molecule has 0 atom stereocenters. The summed E-state index contributed by atoms with van der Waals surface area (Å²) in [6.07, 6.45) is 13.6. The van der Waals surface area contributed by atoms with E-state index in [2.05, 4.69) is 65.8 Å². The van der Waals surface area contributed by atoms with Crippen LogP contribution in [0.2, 0.25) is 0 Å². The van der Waals surface area contributed by atoms with Crippen LogP contribution in [0.25, 0.3) is 44.6 Å². The number of aromatic nitrogens is 10. The number of hydrogen-bond acceptors (Lipinski definition) is 15. The number of benzene rings is 2. The quantitative estimate of drug-likeness (QED) is 0.0846. The molecule has 8 heterocycles. The second-order valence-electron chi connectivity index (χ2n) is 14.6. The smallest absolute Gasteiger partial charge is 0.354 e. The largest absolute Gasteiger partial charge is 0.477 e. The Kier molecular flexibility index (Phi) is 14.9. The molecule has 0 radical (unpaired) electrons. The van der Waals surface area contributed by atoms with Gasteiger partial charge in [0, 0.05) is 94.2 Å². The van der Waals surface area contributed by atoms with Crippen molar-refractivity contribution in [2.24, 2.45) is 0 Å². The molecule has 10 rings (SSSR count). The Morgan fingerprint density at radius 3 is 1.59 bits per heavy atom. The molecule has 8 aromatic heterocycles. The maximum Gasteiger partial charge on any atom is 0.354 e. The van der Waals surface area contributed by atoms with Crippen LogP contribution in [-0.4, -0.2) is 66.8 Å². The molecule has 1 amide bonds. The highest BCUT2D eigenvalue weighted by atomic mass is 16.4. The number of aromatic carboxylic acids is 1. The molecule has 336 valence electrons. The van der Waals surface area contributed by atoms with Crippen molar-refractivity contribution in [2.75, 3.05) is 21.7 Å². The first kappa shape index (κ1) is 46.4. The van der Waals surface area contributed by atoms with Crippen molar-refractivity contribution in [2.45, 2.75) is 21.3 Å². The average molecular weight is 901 g/mol. The molecule has 17 nitrogen and oxygen atoms in total. The second kappa shape index (κ2) is 21.8. The van der Waals surface area contributed by atoms with Crippen molar-refractivity contribution in [3.8, 4) is 22.5 Å². The molecule has 10 aromatic rings. The molecular formula is C51H44N14O3. The molecular weight excluding hydrogens is 857 g/mol. The lowest BCUT2D eigenvalue weighted by atomic mass is 10.1. The number of nitrogens with one attached hydrogen (secondary N) is 3. The molecule has 0 fully saturated rings. The van der Waals surface area contributed by atoms with Gasteiger partial charge in [-0.3, -0.25) is 14.8 Å². The molecule has 0 spiro atoms. The predicted molar refractivity (Wildman–Crippen MR) is 265 cm³/mol. The monoisotopic (exact) mass is 900 g/mol. The molecule has 0 aliphatic heterocycles. The molecule has 0 saturated heterocycles. The van der Waals surface area contributed by atoms with E-state index in [9.17, 15) is 9.59 Å². The summed E-state index contributed by atoms with van der Waals surface area (Å²) < 4.78 is 0. The Morgan fingerprint density at radius 2 is 1.04 bits per heavy atom. The van der Waals surface area contributed by atoms with Gasteiger partial charge in [0.15, 0.2) is 17.0 Å². The highest BCUT2D eigenvalue weighted by Crippen LogP contribution is 2.26. The fourth-order valence-electron chi connectivity index (χ4n) is 6.38. The summed E-state index contributed by atoms with van der Waals surface area (Å²) in [5.74, 6) is -0.366. The molecule has 0 aliphatic carbocycles. The zero-order valence-corrected chi connectivity index (χ0v) is 36.0. The van der Waals surface area contributed by atoms with E-state index >= 15 is 0 Å². The molecule has 6 N–H and O–H groups in total. The first-order valence-corrected chi connectivity index (χ1v) is 20.6. The number of nitrogens with zero attached hydrogens (tertiary/aromatic N) is 10. The van der Waals surface area contributed by atoms with Crippen molar-refractivity contribution >= 4 is 68.6 Å². The standard InChI is InChI=1S/C25H19N7O.C16H15N5.C9H6N2O2.CH4/c1-16-6-8-19(29-24(33)21-9-7-17-4-3-12-27-23(17)30-21)14-22(16)32-25-28-13-10-20(31-25)18-5-2-11-26-15-18;1-11-4-5-13(17)9-15(11)21-16-19-8-6-14(20-16)12-3-2-7-18-10-12;12-9(13)7-4-3-6-2-1-5-10-8(6)11-7;/h2-15H,1H3,(H,29,33)(H,28,31,32);2-10H,17H2,1H3,(H,19,20,21);1-5H,(H,12,13);1H4. The van der Waals surface area contributed by atoms with Crippen molar-refractivity contribution in [3.63, 3.8) is 0 Å². The van der Waals surface area contributed by atoms with Crippen molar-refractivity contribution in [1.29, 1.82) is 0 Å². The minimum Gasteiger partial charge on any atom is -0.477 e. The summed E-state index contributed by atoms with van der Waals surface area (Å²) in [6, 6.07) is 36.7. The van der Waals surface area contributed by atoms with Crippen LogP contribution in [0.15, 0.2) is 171 Å². The zero-order valence-electron chi connectivity index (χ0n) is 36.0. The van der Waals surface area contributed by atoms with E-state index in [0.717, 1.165) is 55.8 Å². The third-order valence-corrected chi connectivity index (χ3v) is 9.86. The van der Waals surface area contributed by atoms with Crippen molar-refractivity contribution in [1.82, 2.24) is 49.8 Å². The van der Waals surface area contributed by atoms with Crippen LogP contribution in [0.4, 0.5) is 34.6 Å². The molecule has 17 heteroatoms. The third-order valence-electron chi connectivity index (χ3n) is 9.86. The van der Waals surface area contributed by atoms with E-state index in [1.165, 1.54) is 6.07 Å². The van der Waals surface area contributed by atoms with Crippen LogP contribution in [0.3, 0.4) is 0 Å². The summed E-state index contributed by atoms with van der Waals surface area (Å²) in [5.41, 5.74) is 15.6. The van der Waals surface area contributed by atoms with Gasteiger partial charge in [-0.25, -0.2) is 44.7 Å². The topological polar surface area (TPSA) is 245 Å². The average Bonchev–Trinajstić information content (AvgIpc) is 3.37. The first-order valence-electron chi connectivity index (χ1n) is 20.6. The number of anilines is 6. The molecule has 0 bridgehead atoms. The van der Waals surface area contributed by atoms with Crippen LogP contribution < -0.4 is 21.7 Å². The van der Waals surface area contributed by atoms with Crippen molar-refractivity contribution < 1.29 is 14.7 Å². The lowest BCUT2D eigenvalue weighted by molar-refractivity contribution is 0.0690. The van der Waals surface area contributed by atoms with E-state index in [1.54, 1.807) is 67.8 Å². The lowest BCUT2D eigenvalue weighted by Crippen LogP contribution is -2.14. The van der Waals surface area contributed by atoms with Crippen LogP contribution in [0.5, 0.6) is 0 Å². The Bertz CT molecular complexity index is 3340. The van der Waals surface area contributed by atoms with Gasteiger partial charge in [0.25, 0.3) is 5.91 Å². The zero-order chi connectivity index (χ0) is 46.5. The molecule has 2 aromatic carbocycles. The number of amides is 1. The number of rotatable bonds is 9. The maximum atomic E-state index is 12.8. The first-order chi connectivity index (χ1) is 32.6. The van der Waals surface area contributed by atoms with Gasteiger partial charge in [0.2, 0.25) is 11.9 Å². The molecule has 0 saturated carbocycles. The Hall–Kier alpha value is -9.64. The third kappa shape index (κ3) is 11.9. The van der Waals surface area contributed by atoms with E-state index in [1.807, 2.05) is 111 Å². The SMILES string of the molecule is C.Cc1ccc(N)cc1Nc1nccc(-c2cccnc2)n1.Cc1ccc(NC(=O)c2ccc3cccnc3n2)cc1Nc1nccc(-c2cccnc2)n1.O=C(O)c1ccc2cccnc2n1. The van der Waals surface area contributed by atoms with Gasteiger partial charge in [-0.1, -0.05) is 19.6 Å². The minimum absolute atomic E-state index is 0. The summed E-state index contributed by atoms with van der Waals surface area (Å²) in [5, 5.41) is 19.7. The number of carboxylic acid groups (broad SMARTS) is 1. The van der Waals surface area contributed by atoms with Gasteiger partial charge >= 0.3 is 5.97 Å². The number of aryl methyl sites for hydroxylation is 2. The highest BCUT2D eigenvalue weighted by molar-refractivity contribution is 6.04. The number of fused-ring (bicyclic) bond motifs is 2. The highest BCUT2D eigenvalue weighted by Gasteiger charge is 2.12. The van der Waals surface area contributed by atoms with Crippen LogP contribution >= 0.6 is 0 Å². The van der Waals surface area contributed by atoms with Crippen LogP contribution in [0, 0.1) is 13.8 Å². The summed E-state index contributed by atoms with van der Waals surface area (Å²) in [4.78, 5) is 65.6. The van der Waals surface area contributed by atoms with E-state index in [4.69, 9.17) is 10.8 Å². The van der Waals surface area contributed by atoms with E-state index in [0.29, 0.717) is 40.3 Å². The minimum atomic E-state index is -1.03. The van der Waals surface area contributed by atoms with Crippen LogP contribution in [0.1, 0.15) is 39.5 Å². The van der Waals surface area contributed by atoms with Gasteiger partial charge in [-0.05, 0) is 134 Å². The Labute approximate surface area is 390 Å². The maximum absolute atomic E-state index is 12.8. The van der Waals surface area contributed by atoms with Gasteiger partial charge in [0.05, 0.1) is 11.4 Å². The second-order valence-corrected chi connectivity index (χ2v) is 14.6. The summed E-state index contributed by atoms with van der Waals surface area (Å²) in [6.45, 7) is 3.97. The summed E-state index contributed by atoms with van der Waals surface area (Å²) >= 11 is 0. The summed E-state index contributed by atoms with van der Waals surface area (Å²) in [7, 11) is 0. The number of pyridine rings is 6. The van der Waals surface area contributed by atoms with E-state index < -0.39 is 5.97 Å². The number of carboxylic acids is 1. The lowest BCUT2D eigenvalue weighted by Gasteiger charge is -2.12. The van der Waals surface area contributed by atoms with E-state index in [-0.39, 0.29) is 19.0 Å². The number of nitrogen functional groups attached to an aromatic ring is 1. The molecule has 0 unspecified atom stereocenters. The van der Waals surface area contributed by atoms with Gasteiger partial charge in [-0.2, -0.15) is 0 Å². The van der Waals surface area contributed by atoms with Crippen molar-refractivity contribution in [3.05, 3.63) is 193 Å². The molecule has 68 heavy (non-hydrogen) atoms. The normalized spacial score (nSPS) is 10.3. The fourth-order valence-corrected chi connectivity index (χ4v) is 6.38. The number of carbonyl (C=O) groups is 2. The Morgan fingerprint density at radius 1 is 0.529 bits per heavy atom. The van der Waals surface area contributed by atoms with Gasteiger partial charge in [0.1, 0.15) is 5.69 Å². The number of nitrogens with two attached hydrogens (primary N) is 1. The number of hydrogen-bond donors (Lipinski definition) is 5. The van der Waals surface area contributed by atoms with Gasteiger partial charge in [-0.15, -0.1) is 0 Å². The van der Waals surface area contributed by atoms with Gasteiger partial charge < -0.3 is 26.8 Å². The number of carbonyl (C=O) groups excluding carboxylic acids is 1. The fraction of sp³-hybridized carbons (Fsp3) is 0.0588. The molecule has 0 aliphatic rings. The Balaban J connectivity index is 0.000000167. The predicted octanol–water partition coefficient (Wildman–Crippen LogP) is 9.92. The van der Waals surface area contributed by atoms with Crippen LogP contribution in [-0.2, 0) is 0 Å².